The largest absolute Gasteiger partial charge is 0.467 e. The predicted octanol–water partition coefficient (Wildman–Crippen LogP) is 1.21. The molecule has 0 spiro atoms. The lowest BCUT2D eigenvalue weighted by atomic mass is 10.0. The van der Waals surface area contributed by atoms with Crippen molar-refractivity contribution in [2.45, 2.75) is 51.2 Å². The Balaban J connectivity index is 2.96. The predicted molar refractivity (Wildman–Crippen MR) is 125 cm³/mol. The number of nitrogens with two attached hydrogens (primary N) is 1. The zero-order valence-electron chi connectivity index (χ0n) is 19.1. The summed E-state index contributed by atoms with van der Waals surface area (Å²) in [5.41, 5.74) is 6.05. The van der Waals surface area contributed by atoms with E-state index in [9.17, 15) is 19.2 Å². The minimum atomic E-state index is -0.905. The van der Waals surface area contributed by atoms with Crippen LogP contribution in [0, 0.1) is 5.92 Å². The highest BCUT2D eigenvalue weighted by molar-refractivity contribution is 7.98. The van der Waals surface area contributed by atoms with Crippen LogP contribution in [0.4, 0.5) is 4.79 Å². The second-order valence-electron chi connectivity index (χ2n) is 7.81. The van der Waals surface area contributed by atoms with Crippen molar-refractivity contribution >= 4 is 35.6 Å². The van der Waals surface area contributed by atoms with Gasteiger partial charge < -0.3 is 26.4 Å². The number of esters is 1. The lowest BCUT2D eigenvalue weighted by Gasteiger charge is -2.25. The van der Waals surface area contributed by atoms with Crippen LogP contribution in [-0.4, -0.2) is 61.1 Å². The first-order valence-electron chi connectivity index (χ1n) is 10.4. The Kier molecular flexibility index (Phi) is 12.2. The fourth-order valence-electron chi connectivity index (χ4n) is 3.11. The molecule has 10 heteroatoms. The summed E-state index contributed by atoms with van der Waals surface area (Å²) in [6.07, 6.45) is 2.85. The van der Waals surface area contributed by atoms with E-state index in [-0.39, 0.29) is 12.3 Å². The Morgan fingerprint density at radius 2 is 1.56 bits per heavy atom. The van der Waals surface area contributed by atoms with Crippen LogP contribution in [0.1, 0.15) is 32.3 Å². The summed E-state index contributed by atoms with van der Waals surface area (Å²) >= 11 is 1.52. The molecule has 0 aliphatic carbocycles. The first-order chi connectivity index (χ1) is 15.2. The van der Waals surface area contributed by atoms with Crippen molar-refractivity contribution in [2.75, 3.05) is 19.1 Å². The summed E-state index contributed by atoms with van der Waals surface area (Å²) in [6, 6.07) is 5.77. The molecule has 32 heavy (non-hydrogen) atoms. The monoisotopic (exact) mass is 466 g/mol. The fraction of sp³-hybridized carbons (Fsp3) is 0.545. The van der Waals surface area contributed by atoms with E-state index in [1.165, 1.54) is 18.9 Å². The van der Waals surface area contributed by atoms with Crippen LogP contribution in [0.5, 0.6) is 0 Å². The van der Waals surface area contributed by atoms with Gasteiger partial charge >= 0.3 is 12.0 Å². The molecule has 0 bridgehead atoms. The normalized spacial score (nSPS) is 13.5. The number of amides is 4. The average Bonchev–Trinajstić information content (AvgIpc) is 2.75. The molecule has 5 N–H and O–H groups in total. The maximum absolute atomic E-state index is 13.0. The highest BCUT2D eigenvalue weighted by atomic mass is 32.2. The molecule has 0 aliphatic rings. The SMILES string of the molecule is COC(=O)[C@H](Cc1ccccc1)NC(=O)[C@H](CC(C)C)NC(=O)[C@H](CCSC)NC(N)=O. The van der Waals surface area contributed by atoms with Crippen molar-refractivity contribution in [1.29, 1.82) is 0 Å². The molecular formula is C22H34N4O5S. The number of nitrogens with one attached hydrogen (secondary N) is 3. The molecule has 1 aromatic carbocycles. The molecule has 0 saturated carbocycles. The van der Waals surface area contributed by atoms with Gasteiger partial charge in [0.15, 0.2) is 0 Å². The second kappa shape index (κ2) is 14.3. The van der Waals surface area contributed by atoms with Crippen LogP contribution in [0.2, 0.25) is 0 Å². The van der Waals surface area contributed by atoms with Crippen molar-refractivity contribution in [3.63, 3.8) is 0 Å². The number of rotatable bonds is 13. The molecule has 0 heterocycles. The third-order valence-corrected chi connectivity index (χ3v) is 5.31. The molecular weight excluding hydrogens is 432 g/mol. The number of ether oxygens (including phenoxy) is 1. The molecule has 0 unspecified atom stereocenters. The number of thioether (sulfide) groups is 1. The highest BCUT2D eigenvalue weighted by Gasteiger charge is 2.30. The van der Waals surface area contributed by atoms with E-state index in [2.05, 4.69) is 16.0 Å². The van der Waals surface area contributed by atoms with E-state index in [1.54, 1.807) is 0 Å². The van der Waals surface area contributed by atoms with Crippen LogP contribution in [-0.2, 0) is 25.5 Å². The van der Waals surface area contributed by atoms with Crippen molar-refractivity contribution in [3.05, 3.63) is 35.9 Å². The first kappa shape index (κ1) is 27.3. The molecule has 0 radical (unpaired) electrons. The molecule has 3 atom stereocenters. The third kappa shape index (κ3) is 10.0. The van der Waals surface area contributed by atoms with Gasteiger partial charge in [0.05, 0.1) is 7.11 Å². The average molecular weight is 467 g/mol. The van der Waals surface area contributed by atoms with E-state index in [0.717, 1.165) is 5.56 Å². The van der Waals surface area contributed by atoms with Gasteiger partial charge in [0.25, 0.3) is 0 Å². The van der Waals surface area contributed by atoms with Gasteiger partial charge in [0.2, 0.25) is 11.8 Å². The van der Waals surface area contributed by atoms with Crippen molar-refractivity contribution < 1.29 is 23.9 Å². The topological polar surface area (TPSA) is 140 Å². The zero-order chi connectivity index (χ0) is 24.1. The molecule has 0 fully saturated rings. The minimum absolute atomic E-state index is 0.0884. The summed E-state index contributed by atoms with van der Waals surface area (Å²) in [5, 5.41) is 7.83. The molecule has 1 rings (SSSR count). The highest BCUT2D eigenvalue weighted by Crippen LogP contribution is 2.10. The number of hydrogen-bond acceptors (Lipinski definition) is 6. The number of carbonyl (C=O) groups is 4. The molecule has 1 aromatic rings. The second-order valence-corrected chi connectivity index (χ2v) is 8.79. The Labute approximate surface area is 193 Å². The standard InChI is InChI=1S/C22H34N4O5S/c1-14(2)12-17(24-19(27)16(10-11-32-4)26-22(23)30)20(28)25-18(21(29)31-3)13-15-8-6-5-7-9-15/h5-9,14,16-18H,10-13H2,1-4H3,(H,24,27)(H,25,28)(H3,23,26,30)/t16-,17-,18-/m0/s1. The smallest absolute Gasteiger partial charge is 0.328 e. The van der Waals surface area contributed by atoms with E-state index >= 15 is 0 Å². The summed E-state index contributed by atoms with van der Waals surface area (Å²) < 4.78 is 4.85. The first-order valence-corrected chi connectivity index (χ1v) is 11.8. The van der Waals surface area contributed by atoms with E-state index in [1.807, 2.05) is 50.4 Å². The van der Waals surface area contributed by atoms with Gasteiger partial charge in [-0.1, -0.05) is 44.2 Å². The van der Waals surface area contributed by atoms with E-state index in [0.29, 0.717) is 18.6 Å². The fourth-order valence-corrected chi connectivity index (χ4v) is 3.58. The Morgan fingerprint density at radius 3 is 2.09 bits per heavy atom. The van der Waals surface area contributed by atoms with Crippen LogP contribution >= 0.6 is 11.8 Å². The molecule has 4 amide bonds. The molecule has 9 nitrogen and oxygen atoms in total. The molecule has 0 saturated heterocycles. The van der Waals surface area contributed by atoms with E-state index < -0.39 is 41.9 Å². The third-order valence-electron chi connectivity index (χ3n) is 4.67. The van der Waals surface area contributed by atoms with Crippen LogP contribution < -0.4 is 21.7 Å². The summed E-state index contributed by atoms with van der Waals surface area (Å²) in [4.78, 5) is 49.4. The maximum atomic E-state index is 13.0. The van der Waals surface area contributed by atoms with Crippen molar-refractivity contribution in [2.24, 2.45) is 11.7 Å². The van der Waals surface area contributed by atoms with Crippen molar-refractivity contribution in [3.8, 4) is 0 Å². The number of urea groups is 1. The number of benzene rings is 1. The van der Waals surface area contributed by atoms with Gasteiger partial charge in [-0.25, -0.2) is 9.59 Å². The summed E-state index contributed by atoms with van der Waals surface area (Å²) in [7, 11) is 1.26. The quantitative estimate of drug-likeness (QED) is 0.322. The van der Waals surface area contributed by atoms with Gasteiger partial charge in [-0.3, -0.25) is 9.59 Å². The van der Waals surface area contributed by atoms with Crippen LogP contribution in [0.25, 0.3) is 0 Å². The molecule has 0 aromatic heterocycles. The van der Waals surface area contributed by atoms with Gasteiger partial charge in [0, 0.05) is 6.42 Å². The minimum Gasteiger partial charge on any atom is -0.467 e. The van der Waals surface area contributed by atoms with Crippen LogP contribution in [0.15, 0.2) is 30.3 Å². The number of hydrogen-bond donors (Lipinski definition) is 4. The number of carbonyl (C=O) groups excluding carboxylic acids is 4. The maximum Gasteiger partial charge on any atom is 0.328 e. The number of methoxy groups -OCH3 is 1. The Bertz CT molecular complexity index is 760. The van der Waals surface area contributed by atoms with Gasteiger partial charge in [-0.15, -0.1) is 0 Å². The van der Waals surface area contributed by atoms with Gasteiger partial charge in [0.1, 0.15) is 18.1 Å². The van der Waals surface area contributed by atoms with Gasteiger partial charge in [-0.2, -0.15) is 11.8 Å². The van der Waals surface area contributed by atoms with Crippen LogP contribution in [0.3, 0.4) is 0 Å². The lowest BCUT2D eigenvalue weighted by Crippen LogP contribution is -2.57. The molecule has 0 aliphatic heterocycles. The summed E-state index contributed by atoms with van der Waals surface area (Å²) in [5.74, 6) is -0.867. The Morgan fingerprint density at radius 1 is 0.969 bits per heavy atom. The van der Waals surface area contributed by atoms with Crippen molar-refractivity contribution in [1.82, 2.24) is 16.0 Å². The zero-order valence-corrected chi connectivity index (χ0v) is 19.9. The molecule has 178 valence electrons. The Hall–Kier alpha value is -2.75. The lowest BCUT2D eigenvalue weighted by molar-refractivity contribution is -0.145. The summed E-state index contributed by atoms with van der Waals surface area (Å²) in [6.45, 7) is 3.84. The number of primary amides is 1. The van der Waals surface area contributed by atoms with E-state index in [4.69, 9.17) is 10.5 Å². The van der Waals surface area contributed by atoms with Gasteiger partial charge in [-0.05, 0) is 36.3 Å².